The van der Waals surface area contributed by atoms with Crippen LogP contribution in [-0.2, 0) is 14.3 Å². The molecule has 6 nitrogen and oxygen atoms in total. The minimum Gasteiger partial charge on any atom is -0.385 e. The third-order valence-corrected chi connectivity index (χ3v) is 4.65. The second-order valence-electron chi connectivity index (χ2n) is 6.30. The highest BCUT2D eigenvalue weighted by atomic mass is 16.7. The lowest BCUT2D eigenvalue weighted by atomic mass is 10.0. The number of ether oxygens (including phenoxy) is 2. The van der Waals surface area contributed by atoms with Gasteiger partial charge in [-0.25, -0.2) is 0 Å². The topological polar surface area (TPSA) is 67.9 Å². The van der Waals surface area contributed by atoms with Gasteiger partial charge in [0.25, 0.3) is 0 Å². The summed E-state index contributed by atoms with van der Waals surface area (Å²) in [6.45, 7) is 4.80. The molecule has 2 aliphatic heterocycles. The molecule has 1 N–H and O–H groups in total. The van der Waals surface area contributed by atoms with Crippen LogP contribution in [0.2, 0.25) is 0 Å². The highest BCUT2D eigenvalue weighted by molar-refractivity contribution is 5.94. The van der Waals surface area contributed by atoms with Crippen molar-refractivity contribution >= 4 is 17.4 Å². The van der Waals surface area contributed by atoms with E-state index in [0.717, 1.165) is 18.5 Å². The van der Waals surface area contributed by atoms with E-state index in [-0.39, 0.29) is 11.7 Å². The summed E-state index contributed by atoms with van der Waals surface area (Å²) in [5.74, 6) is -0.237. The van der Waals surface area contributed by atoms with Gasteiger partial charge in [0.05, 0.1) is 13.2 Å². The van der Waals surface area contributed by atoms with Crippen molar-refractivity contribution in [3.8, 4) is 0 Å². The number of likely N-dealkylation sites (tertiary alicyclic amines) is 1. The Morgan fingerprint density at radius 3 is 2.33 bits per heavy atom. The SMILES string of the molecule is CC(=O)c1ccc(NCCC(=O)N2CCC3(CC2)OCCO3)cc1. The van der Waals surface area contributed by atoms with Crippen LogP contribution in [0.1, 0.15) is 36.5 Å². The van der Waals surface area contributed by atoms with E-state index in [9.17, 15) is 9.59 Å². The van der Waals surface area contributed by atoms with E-state index in [1.54, 1.807) is 19.1 Å². The normalized spacial score (nSPS) is 19.5. The maximum absolute atomic E-state index is 12.3. The lowest BCUT2D eigenvalue weighted by molar-refractivity contribution is -0.187. The summed E-state index contributed by atoms with van der Waals surface area (Å²) < 4.78 is 11.4. The number of amides is 1. The zero-order valence-electron chi connectivity index (χ0n) is 14.0. The number of hydrogen-bond donors (Lipinski definition) is 1. The molecular formula is C18H24N2O4. The summed E-state index contributed by atoms with van der Waals surface area (Å²) >= 11 is 0. The van der Waals surface area contributed by atoms with Gasteiger partial charge in [-0.3, -0.25) is 9.59 Å². The Morgan fingerprint density at radius 1 is 1.12 bits per heavy atom. The van der Waals surface area contributed by atoms with Gasteiger partial charge in [0, 0.05) is 50.1 Å². The number of hydrogen-bond acceptors (Lipinski definition) is 5. The van der Waals surface area contributed by atoms with Gasteiger partial charge >= 0.3 is 0 Å². The predicted octanol–water partition coefficient (Wildman–Crippen LogP) is 2.06. The molecule has 0 radical (unpaired) electrons. The van der Waals surface area contributed by atoms with E-state index in [0.29, 0.717) is 44.8 Å². The Kier molecular flexibility index (Phi) is 5.16. The van der Waals surface area contributed by atoms with Crippen LogP contribution in [0.25, 0.3) is 0 Å². The van der Waals surface area contributed by atoms with Gasteiger partial charge in [-0.1, -0.05) is 0 Å². The fourth-order valence-corrected chi connectivity index (χ4v) is 3.18. The fraction of sp³-hybridized carbons (Fsp3) is 0.556. The Morgan fingerprint density at radius 2 is 1.75 bits per heavy atom. The first-order valence-corrected chi connectivity index (χ1v) is 8.49. The molecule has 2 fully saturated rings. The molecular weight excluding hydrogens is 308 g/mol. The molecule has 0 atom stereocenters. The van der Waals surface area contributed by atoms with E-state index >= 15 is 0 Å². The number of ketones is 1. The van der Waals surface area contributed by atoms with Crippen molar-refractivity contribution in [1.29, 1.82) is 0 Å². The summed E-state index contributed by atoms with van der Waals surface area (Å²) in [6, 6.07) is 7.30. The number of nitrogens with one attached hydrogen (secondary N) is 1. The largest absolute Gasteiger partial charge is 0.385 e. The summed E-state index contributed by atoms with van der Waals surface area (Å²) in [5.41, 5.74) is 1.60. The molecule has 1 spiro atoms. The molecule has 2 aliphatic rings. The zero-order valence-corrected chi connectivity index (χ0v) is 14.0. The van der Waals surface area contributed by atoms with E-state index in [1.165, 1.54) is 0 Å². The van der Waals surface area contributed by atoms with Crippen molar-refractivity contribution in [2.24, 2.45) is 0 Å². The summed E-state index contributed by atoms with van der Waals surface area (Å²) in [5, 5.41) is 3.22. The summed E-state index contributed by atoms with van der Waals surface area (Å²) in [4.78, 5) is 25.4. The van der Waals surface area contributed by atoms with Crippen molar-refractivity contribution in [2.75, 3.05) is 38.2 Å². The highest BCUT2D eigenvalue weighted by Crippen LogP contribution is 2.31. The molecule has 24 heavy (non-hydrogen) atoms. The van der Waals surface area contributed by atoms with Gasteiger partial charge in [0.15, 0.2) is 11.6 Å². The smallest absolute Gasteiger partial charge is 0.224 e. The van der Waals surface area contributed by atoms with E-state index in [2.05, 4.69) is 5.32 Å². The molecule has 2 heterocycles. The molecule has 2 saturated heterocycles. The predicted molar refractivity (Wildman–Crippen MR) is 90.0 cm³/mol. The molecule has 130 valence electrons. The monoisotopic (exact) mass is 332 g/mol. The average molecular weight is 332 g/mol. The van der Waals surface area contributed by atoms with Crippen LogP contribution in [0.3, 0.4) is 0 Å². The second kappa shape index (κ2) is 7.32. The Hall–Kier alpha value is -1.92. The van der Waals surface area contributed by atoms with Gasteiger partial charge in [-0.2, -0.15) is 0 Å². The molecule has 1 aromatic carbocycles. The van der Waals surface area contributed by atoms with Crippen molar-refractivity contribution in [1.82, 2.24) is 4.90 Å². The van der Waals surface area contributed by atoms with E-state index in [4.69, 9.17) is 9.47 Å². The van der Waals surface area contributed by atoms with E-state index < -0.39 is 5.79 Å². The molecule has 0 bridgehead atoms. The maximum atomic E-state index is 12.3. The number of nitrogens with zero attached hydrogens (tertiary/aromatic N) is 1. The van der Waals surface area contributed by atoms with Gasteiger partial charge in [-0.05, 0) is 31.2 Å². The molecule has 6 heteroatoms. The molecule has 0 aliphatic carbocycles. The Labute approximate surface area is 142 Å². The molecule has 0 saturated carbocycles. The Bertz CT molecular complexity index is 584. The third kappa shape index (κ3) is 3.94. The molecule has 0 unspecified atom stereocenters. The molecule has 1 amide bonds. The van der Waals surface area contributed by atoms with Crippen LogP contribution >= 0.6 is 0 Å². The average Bonchev–Trinajstić information content (AvgIpc) is 3.04. The lowest BCUT2D eigenvalue weighted by Crippen LogP contribution is -2.47. The van der Waals surface area contributed by atoms with Gasteiger partial charge < -0.3 is 19.7 Å². The third-order valence-electron chi connectivity index (χ3n) is 4.65. The van der Waals surface area contributed by atoms with Crippen LogP contribution in [0.15, 0.2) is 24.3 Å². The van der Waals surface area contributed by atoms with Gasteiger partial charge in [-0.15, -0.1) is 0 Å². The fourth-order valence-electron chi connectivity index (χ4n) is 3.18. The number of Topliss-reactive ketones (excluding diaryl/α,β-unsaturated/α-hetero) is 1. The van der Waals surface area contributed by atoms with Crippen LogP contribution in [0.5, 0.6) is 0 Å². The minimum atomic E-state index is -0.437. The van der Waals surface area contributed by atoms with Crippen molar-refractivity contribution in [3.63, 3.8) is 0 Å². The first-order valence-electron chi connectivity index (χ1n) is 8.49. The van der Waals surface area contributed by atoms with Crippen LogP contribution < -0.4 is 5.32 Å². The number of carbonyl (C=O) groups excluding carboxylic acids is 2. The minimum absolute atomic E-state index is 0.0508. The van der Waals surface area contributed by atoms with Gasteiger partial charge in [0.2, 0.25) is 5.91 Å². The van der Waals surface area contributed by atoms with Crippen molar-refractivity contribution in [3.05, 3.63) is 29.8 Å². The molecule has 1 aromatic rings. The van der Waals surface area contributed by atoms with Crippen LogP contribution in [0, 0.1) is 0 Å². The number of anilines is 1. The number of benzene rings is 1. The van der Waals surface area contributed by atoms with E-state index in [1.807, 2.05) is 17.0 Å². The first-order chi connectivity index (χ1) is 11.6. The van der Waals surface area contributed by atoms with Crippen LogP contribution in [-0.4, -0.2) is 55.2 Å². The standard InChI is InChI=1S/C18H24N2O4/c1-14(21)15-2-4-16(5-3-15)19-9-6-17(22)20-10-7-18(8-11-20)23-12-13-24-18/h2-5,19H,6-13H2,1H3. The highest BCUT2D eigenvalue weighted by Gasteiger charge is 2.40. The molecule has 3 rings (SSSR count). The lowest BCUT2D eigenvalue weighted by Gasteiger charge is -2.37. The number of carbonyl (C=O) groups is 2. The second-order valence-corrected chi connectivity index (χ2v) is 6.30. The van der Waals surface area contributed by atoms with Crippen molar-refractivity contribution in [2.45, 2.75) is 32.0 Å². The summed E-state index contributed by atoms with van der Waals surface area (Å²) in [6.07, 6.45) is 1.94. The first kappa shape index (κ1) is 16.9. The van der Waals surface area contributed by atoms with Crippen molar-refractivity contribution < 1.29 is 19.1 Å². The summed E-state index contributed by atoms with van der Waals surface area (Å²) in [7, 11) is 0. The maximum Gasteiger partial charge on any atom is 0.224 e. The number of rotatable bonds is 5. The number of piperidine rings is 1. The molecule has 0 aromatic heterocycles. The quantitative estimate of drug-likeness (QED) is 0.836. The van der Waals surface area contributed by atoms with Gasteiger partial charge in [0.1, 0.15) is 0 Å². The Balaban J connectivity index is 1.40. The van der Waals surface area contributed by atoms with Crippen LogP contribution in [0.4, 0.5) is 5.69 Å². The zero-order chi connectivity index (χ0) is 17.0.